The Morgan fingerprint density at radius 3 is 2.49 bits per heavy atom. The zero-order valence-electron chi connectivity index (χ0n) is 21.0. The highest BCUT2D eigenvalue weighted by Gasteiger charge is 2.37. The molecule has 7 nitrogen and oxygen atoms in total. The maximum atomic E-state index is 13.3. The number of rotatable bonds is 8. The number of nitrogens with one attached hydrogen (secondary N) is 1. The molecule has 0 aliphatic carbocycles. The van der Waals surface area contributed by atoms with E-state index >= 15 is 0 Å². The number of methoxy groups -OCH3 is 1. The smallest absolute Gasteiger partial charge is 0.335 e. The number of amides is 4. The van der Waals surface area contributed by atoms with Crippen LogP contribution in [0.1, 0.15) is 27.8 Å². The average Bonchev–Trinajstić information content (AvgIpc) is 2.87. The predicted molar refractivity (Wildman–Crippen MR) is 143 cm³/mol. The molecule has 1 fully saturated rings. The number of benzene rings is 3. The zero-order chi connectivity index (χ0) is 26.5. The summed E-state index contributed by atoms with van der Waals surface area (Å²) in [6.07, 6.45) is 3.67. The first-order valence-electron chi connectivity index (χ1n) is 11.8. The van der Waals surface area contributed by atoms with Crippen LogP contribution in [-0.4, -0.2) is 25.0 Å². The van der Waals surface area contributed by atoms with Gasteiger partial charge in [0.15, 0.2) is 11.5 Å². The molecule has 1 N–H and O–H groups in total. The minimum Gasteiger partial charge on any atom is -0.493 e. The molecular formula is C30H28N2O5. The van der Waals surface area contributed by atoms with E-state index in [1.165, 1.54) is 13.2 Å². The molecule has 3 aromatic rings. The van der Waals surface area contributed by atoms with Crippen molar-refractivity contribution in [3.05, 3.63) is 107 Å². The minimum atomic E-state index is -0.786. The lowest BCUT2D eigenvalue weighted by atomic mass is 10.0. The summed E-state index contributed by atoms with van der Waals surface area (Å²) in [4.78, 5) is 39.5. The van der Waals surface area contributed by atoms with Crippen LogP contribution < -0.4 is 19.7 Å². The Hall–Kier alpha value is -4.65. The van der Waals surface area contributed by atoms with Gasteiger partial charge in [-0.2, -0.15) is 0 Å². The van der Waals surface area contributed by atoms with Crippen LogP contribution in [0.15, 0.2) is 78.9 Å². The maximum Gasteiger partial charge on any atom is 0.335 e. The topological polar surface area (TPSA) is 84.9 Å². The van der Waals surface area contributed by atoms with Crippen molar-refractivity contribution in [2.24, 2.45) is 0 Å². The van der Waals surface area contributed by atoms with Crippen molar-refractivity contribution in [1.29, 1.82) is 0 Å². The standard InChI is InChI=1S/C30H28N2O5/c1-5-9-23-15-22(17-26(36-4)27(23)37-18-21-12-8-10-19(2)14-21)16-24-28(33)31-30(35)32(29(24)34)25-13-7-6-11-20(25)3/h5-8,10-17H,1,9,18H2,2-4H3,(H,31,33,35)/b24-16+. The van der Waals surface area contributed by atoms with Gasteiger partial charge in [0.25, 0.3) is 11.8 Å². The lowest BCUT2D eigenvalue weighted by Gasteiger charge is -2.27. The number of anilines is 1. The van der Waals surface area contributed by atoms with E-state index in [9.17, 15) is 14.4 Å². The lowest BCUT2D eigenvalue weighted by molar-refractivity contribution is -0.122. The third-order valence-corrected chi connectivity index (χ3v) is 5.97. The molecule has 1 aliphatic heterocycles. The molecule has 1 heterocycles. The SMILES string of the molecule is C=CCc1cc(/C=C2\C(=O)NC(=O)N(c3ccccc3C)C2=O)cc(OC)c1OCc1cccc(C)c1. The first kappa shape index (κ1) is 25.4. The summed E-state index contributed by atoms with van der Waals surface area (Å²) >= 11 is 0. The molecule has 4 amide bonds. The van der Waals surface area contributed by atoms with Gasteiger partial charge in [0.05, 0.1) is 12.8 Å². The Morgan fingerprint density at radius 2 is 1.78 bits per heavy atom. The van der Waals surface area contributed by atoms with Gasteiger partial charge >= 0.3 is 6.03 Å². The van der Waals surface area contributed by atoms with Crippen LogP contribution in [0.25, 0.3) is 6.08 Å². The lowest BCUT2D eigenvalue weighted by Crippen LogP contribution is -2.54. The number of hydrogen-bond donors (Lipinski definition) is 1. The molecule has 0 radical (unpaired) electrons. The number of barbiturate groups is 1. The van der Waals surface area contributed by atoms with E-state index in [0.29, 0.717) is 35.8 Å². The second-order valence-corrected chi connectivity index (χ2v) is 8.73. The molecule has 3 aromatic carbocycles. The monoisotopic (exact) mass is 496 g/mol. The molecular weight excluding hydrogens is 468 g/mol. The number of nitrogens with zero attached hydrogens (tertiary/aromatic N) is 1. The normalized spacial score (nSPS) is 14.5. The number of aryl methyl sites for hydroxylation is 2. The van der Waals surface area contributed by atoms with E-state index in [-0.39, 0.29) is 5.57 Å². The van der Waals surface area contributed by atoms with Crippen molar-refractivity contribution in [2.75, 3.05) is 12.0 Å². The van der Waals surface area contributed by atoms with E-state index < -0.39 is 17.8 Å². The van der Waals surface area contributed by atoms with E-state index in [0.717, 1.165) is 27.2 Å². The van der Waals surface area contributed by atoms with Crippen LogP contribution in [0.2, 0.25) is 0 Å². The number of carbonyl (C=O) groups is 3. The molecule has 0 bridgehead atoms. The first-order chi connectivity index (χ1) is 17.8. The molecule has 4 rings (SSSR count). The Kier molecular flexibility index (Phi) is 7.53. The molecule has 1 aliphatic rings. The first-order valence-corrected chi connectivity index (χ1v) is 11.8. The number of urea groups is 1. The third-order valence-electron chi connectivity index (χ3n) is 5.97. The van der Waals surface area contributed by atoms with Crippen LogP contribution in [0, 0.1) is 13.8 Å². The van der Waals surface area contributed by atoms with E-state index in [1.807, 2.05) is 43.3 Å². The largest absolute Gasteiger partial charge is 0.493 e. The number of carbonyl (C=O) groups excluding carboxylic acids is 3. The summed E-state index contributed by atoms with van der Waals surface area (Å²) in [5.74, 6) is -0.451. The van der Waals surface area contributed by atoms with Crippen LogP contribution in [0.4, 0.5) is 10.5 Å². The molecule has 188 valence electrons. The molecule has 0 unspecified atom stereocenters. The number of ether oxygens (including phenoxy) is 2. The Labute approximate surface area is 216 Å². The third kappa shape index (κ3) is 5.46. The van der Waals surface area contributed by atoms with Gasteiger partial charge < -0.3 is 9.47 Å². The van der Waals surface area contributed by atoms with E-state index in [2.05, 4.69) is 11.9 Å². The van der Waals surface area contributed by atoms with Gasteiger partial charge in [-0.15, -0.1) is 6.58 Å². The van der Waals surface area contributed by atoms with Crippen LogP contribution in [-0.2, 0) is 22.6 Å². The highest BCUT2D eigenvalue weighted by molar-refractivity contribution is 6.39. The van der Waals surface area contributed by atoms with Crippen LogP contribution in [0.3, 0.4) is 0 Å². The quantitative estimate of drug-likeness (QED) is 0.260. The van der Waals surface area contributed by atoms with Crippen molar-refractivity contribution in [3.8, 4) is 11.5 Å². The second-order valence-electron chi connectivity index (χ2n) is 8.73. The van der Waals surface area contributed by atoms with Crippen molar-refractivity contribution in [3.63, 3.8) is 0 Å². The molecule has 0 spiro atoms. The summed E-state index contributed by atoms with van der Waals surface area (Å²) in [5, 5.41) is 2.27. The summed E-state index contributed by atoms with van der Waals surface area (Å²) in [5.41, 5.74) is 4.46. The summed E-state index contributed by atoms with van der Waals surface area (Å²) in [6, 6.07) is 17.7. The fraction of sp³-hybridized carbons (Fsp3) is 0.167. The van der Waals surface area contributed by atoms with Gasteiger partial charge in [0, 0.05) is 5.56 Å². The minimum absolute atomic E-state index is 0.164. The van der Waals surface area contributed by atoms with Gasteiger partial charge in [0.2, 0.25) is 0 Å². The number of hydrogen-bond acceptors (Lipinski definition) is 5. The van der Waals surface area contributed by atoms with Crippen LogP contribution in [0.5, 0.6) is 11.5 Å². The van der Waals surface area contributed by atoms with Crippen molar-refractivity contribution in [1.82, 2.24) is 5.32 Å². The molecule has 0 atom stereocenters. The average molecular weight is 497 g/mol. The Morgan fingerprint density at radius 1 is 1.00 bits per heavy atom. The van der Waals surface area contributed by atoms with Gasteiger partial charge in [-0.3, -0.25) is 14.9 Å². The Balaban J connectivity index is 1.71. The second kappa shape index (κ2) is 11.0. The molecule has 37 heavy (non-hydrogen) atoms. The fourth-order valence-corrected chi connectivity index (χ4v) is 4.20. The van der Waals surface area contributed by atoms with E-state index in [4.69, 9.17) is 9.47 Å². The van der Waals surface area contributed by atoms with Crippen molar-refractivity contribution in [2.45, 2.75) is 26.9 Å². The highest BCUT2D eigenvalue weighted by atomic mass is 16.5. The zero-order valence-corrected chi connectivity index (χ0v) is 21.0. The van der Waals surface area contributed by atoms with Gasteiger partial charge in [-0.25, -0.2) is 9.69 Å². The number of imide groups is 2. The maximum absolute atomic E-state index is 13.3. The predicted octanol–water partition coefficient (Wildman–Crippen LogP) is 5.29. The molecule has 7 heteroatoms. The van der Waals surface area contributed by atoms with Gasteiger partial charge in [0.1, 0.15) is 12.2 Å². The fourth-order valence-electron chi connectivity index (χ4n) is 4.20. The number of para-hydroxylation sites is 1. The molecule has 0 aromatic heterocycles. The number of allylic oxidation sites excluding steroid dienone is 1. The summed E-state index contributed by atoms with van der Waals surface area (Å²) < 4.78 is 11.8. The summed E-state index contributed by atoms with van der Waals surface area (Å²) in [6.45, 7) is 7.99. The van der Waals surface area contributed by atoms with Crippen molar-refractivity contribution < 1.29 is 23.9 Å². The van der Waals surface area contributed by atoms with E-state index in [1.54, 1.807) is 37.3 Å². The molecule has 0 saturated carbocycles. The highest BCUT2D eigenvalue weighted by Crippen LogP contribution is 2.35. The van der Waals surface area contributed by atoms with Crippen molar-refractivity contribution >= 4 is 29.6 Å². The summed E-state index contributed by atoms with van der Waals surface area (Å²) in [7, 11) is 1.53. The Bertz CT molecular complexity index is 1420. The van der Waals surface area contributed by atoms with Gasteiger partial charge in [-0.05, 0) is 61.2 Å². The van der Waals surface area contributed by atoms with Gasteiger partial charge in [-0.1, -0.05) is 54.1 Å². The van der Waals surface area contributed by atoms with Crippen LogP contribution >= 0.6 is 0 Å². The molecule has 1 saturated heterocycles.